The Morgan fingerprint density at radius 2 is 1.72 bits per heavy atom. The van der Waals surface area contributed by atoms with Crippen LogP contribution in [0.4, 0.5) is 0 Å². The molecule has 4 unspecified atom stereocenters. The van der Waals surface area contributed by atoms with E-state index < -0.39 is 47.5 Å². The van der Waals surface area contributed by atoms with Crippen LogP contribution in [0.2, 0.25) is 0 Å². The molecule has 1 heterocycles. The third-order valence-corrected chi connectivity index (χ3v) is 4.59. The lowest BCUT2D eigenvalue weighted by Crippen LogP contribution is -2.46. The predicted molar refractivity (Wildman–Crippen MR) is 88.5 cm³/mol. The van der Waals surface area contributed by atoms with Crippen molar-refractivity contribution in [3.05, 3.63) is 0 Å². The normalized spacial score (nSPS) is 23.4. The van der Waals surface area contributed by atoms with Gasteiger partial charge in [0, 0.05) is 12.8 Å². The number of cyclic esters (lactones) is 2. The summed E-state index contributed by atoms with van der Waals surface area (Å²) in [5, 5.41) is 19.0. The highest BCUT2D eigenvalue weighted by Gasteiger charge is 2.49. The van der Waals surface area contributed by atoms with E-state index in [0.29, 0.717) is 12.8 Å². The van der Waals surface area contributed by atoms with E-state index in [1.807, 2.05) is 27.7 Å². The van der Waals surface area contributed by atoms with Crippen LogP contribution in [0.15, 0.2) is 0 Å². The van der Waals surface area contributed by atoms with E-state index in [1.165, 1.54) is 0 Å². The molecule has 1 fully saturated rings. The third-order valence-electron chi connectivity index (χ3n) is 4.59. The van der Waals surface area contributed by atoms with Gasteiger partial charge in [-0.2, -0.15) is 0 Å². The number of aliphatic carboxylic acids is 2. The molecule has 0 aliphatic carbocycles. The minimum Gasteiger partial charge on any atom is -0.481 e. The first-order valence-corrected chi connectivity index (χ1v) is 8.72. The second-order valence-corrected chi connectivity index (χ2v) is 7.76. The molecule has 2 N–H and O–H groups in total. The topological polar surface area (TPSA) is 118 Å². The first kappa shape index (κ1) is 21.1. The summed E-state index contributed by atoms with van der Waals surface area (Å²) in [7, 11) is 0. The smallest absolute Gasteiger partial charge is 0.317 e. The van der Waals surface area contributed by atoms with Gasteiger partial charge in [0.05, 0.1) is 11.8 Å². The Labute approximate surface area is 147 Å². The molecule has 0 radical (unpaired) electrons. The van der Waals surface area contributed by atoms with Crippen molar-refractivity contribution >= 4 is 23.9 Å². The maximum atomic E-state index is 12.4. The van der Waals surface area contributed by atoms with E-state index in [2.05, 4.69) is 0 Å². The summed E-state index contributed by atoms with van der Waals surface area (Å²) in [6.07, 6.45) is 0.535. The highest BCUT2D eigenvalue weighted by molar-refractivity contribution is 5.92. The zero-order valence-corrected chi connectivity index (χ0v) is 15.2. The number of carboxylic acid groups (broad SMARTS) is 2. The number of esters is 2. The Morgan fingerprint density at radius 3 is 2.16 bits per heavy atom. The van der Waals surface area contributed by atoms with Crippen molar-refractivity contribution in [3.63, 3.8) is 0 Å². The second kappa shape index (κ2) is 8.97. The van der Waals surface area contributed by atoms with Crippen molar-refractivity contribution in [2.75, 3.05) is 0 Å². The van der Waals surface area contributed by atoms with Crippen LogP contribution in [-0.2, 0) is 23.9 Å². The molecular formula is C18H28O7. The van der Waals surface area contributed by atoms with Crippen molar-refractivity contribution in [2.24, 2.45) is 35.5 Å². The van der Waals surface area contributed by atoms with Gasteiger partial charge in [0.15, 0.2) is 0 Å². The summed E-state index contributed by atoms with van der Waals surface area (Å²) in [4.78, 5) is 47.2. The van der Waals surface area contributed by atoms with E-state index in [0.717, 1.165) is 0 Å². The summed E-state index contributed by atoms with van der Waals surface area (Å²) in [6.45, 7) is 7.62. The fourth-order valence-corrected chi connectivity index (χ4v) is 3.87. The average Bonchev–Trinajstić information content (AvgIpc) is 2.39. The summed E-state index contributed by atoms with van der Waals surface area (Å²) in [5.74, 6) is -6.87. The fraction of sp³-hybridized carbons (Fsp3) is 0.778. The molecule has 0 bridgehead atoms. The average molecular weight is 356 g/mol. The number of hydrogen-bond donors (Lipinski definition) is 2. The van der Waals surface area contributed by atoms with Gasteiger partial charge in [0.25, 0.3) is 0 Å². The van der Waals surface area contributed by atoms with Crippen LogP contribution in [0.5, 0.6) is 0 Å². The van der Waals surface area contributed by atoms with E-state index >= 15 is 0 Å². The highest BCUT2D eigenvalue weighted by atomic mass is 16.6. The minimum atomic E-state index is -1.21. The van der Waals surface area contributed by atoms with Gasteiger partial charge >= 0.3 is 23.9 Å². The van der Waals surface area contributed by atoms with Crippen molar-refractivity contribution in [3.8, 4) is 0 Å². The minimum absolute atomic E-state index is 0.0141. The van der Waals surface area contributed by atoms with Crippen LogP contribution in [0.1, 0.15) is 53.4 Å². The van der Waals surface area contributed by atoms with Crippen LogP contribution in [0, 0.1) is 35.5 Å². The molecule has 0 aromatic carbocycles. The van der Waals surface area contributed by atoms with Crippen LogP contribution in [0.3, 0.4) is 0 Å². The van der Waals surface area contributed by atoms with Crippen molar-refractivity contribution in [1.82, 2.24) is 0 Å². The standard InChI is InChI=1S/C18H28O7/c1-9(2)5-11(7-13(19)20)15(17(22)23)16-12(6-10(3)4)8-14(21)25-18(16)24/h9-12,15-16H,5-8H2,1-4H3,(H,19,20)(H,22,23). The number of carbonyl (C=O) groups is 4. The second-order valence-electron chi connectivity index (χ2n) is 7.76. The molecule has 0 spiro atoms. The number of carbonyl (C=O) groups excluding carboxylic acids is 2. The molecule has 1 aliphatic heterocycles. The Balaban J connectivity index is 3.24. The molecule has 1 rings (SSSR count). The van der Waals surface area contributed by atoms with Crippen LogP contribution >= 0.6 is 0 Å². The Kier molecular flexibility index (Phi) is 7.58. The molecule has 0 amide bonds. The van der Waals surface area contributed by atoms with Gasteiger partial charge < -0.3 is 14.9 Å². The van der Waals surface area contributed by atoms with Gasteiger partial charge in [-0.3, -0.25) is 19.2 Å². The first-order chi connectivity index (χ1) is 11.5. The molecule has 7 heteroatoms. The van der Waals surface area contributed by atoms with E-state index in [9.17, 15) is 29.4 Å². The summed E-state index contributed by atoms with van der Waals surface area (Å²) < 4.78 is 4.71. The van der Waals surface area contributed by atoms with Gasteiger partial charge in [-0.1, -0.05) is 27.7 Å². The summed E-state index contributed by atoms with van der Waals surface area (Å²) in [5.41, 5.74) is 0. The quantitative estimate of drug-likeness (QED) is 0.481. The summed E-state index contributed by atoms with van der Waals surface area (Å²) in [6, 6.07) is 0. The zero-order chi connectivity index (χ0) is 19.3. The highest BCUT2D eigenvalue weighted by Crippen LogP contribution is 2.40. The lowest BCUT2D eigenvalue weighted by atomic mass is 9.68. The fourth-order valence-electron chi connectivity index (χ4n) is 3.87. The molecule has 142 valence electrons. The zero-order valence-electron chi connectivity index (χ0n) is 15.2. The molecule has 0 aromatic heterocycles. The molecule has 25 heavy (non-hydrogen) atoms. The monoisotopic (exact) mass is 356 g/mol. The predicted octanol–water partition coefficient (Wildman–Crippen LogP) is 2.58. The molecule has 0 saturated carbocycles. The Hall–Kier alpha value is -1.92. The maximum absolute atomic E-state index is 12.4. The van der Waals surface area contributed by atoms with Crippen LogP contribution in [-0.4, -0.2) is 34.1 Å². The van der Waals surface area contributed by atoms with Crippen molar-refractivity contribution in [1.29, 1.82) is 0 Å². The number of carboxylic acids is 2. The molecule has 4 atom stereocenters. The molecule has 0 aromatic rings. The summed E-state index contributed by atoms with van der Waals surface area (Å²) >= 11 is 0. The Bertz CT molecular complexity index is 524. The van der Waals surface area contributed by atoms with E-state index in [1.54, 1.807) is 0 Å². The van der Waals surface area contributed by atoms with E-state index in [4.69, 9.17) is 4.74 Å². The molecule has 1 aliphatic rings. The van der Waals surface area contributed by atoms with Gasteiger partial charge in [-0.05, 0) is 36.5 Å². The molecular weight excluding hydrogens is 328 g/mol. The lowest BCUT2D eigenvalue weighted by molar-refractivity contribution is -0.179. The lowest BCUT2D eigenvalue weighted by Gasteiger charge is -2.37. The van der Waals surface area contributed by atoms with Crippen LogP contribution in [0.25, 0.3) is 0 Å². The first-order valence-electron chi connectivity index (χ1n) is 8.72. The van der Waals surface area contributed by atoms with Crippen LogP contribution < -0.4 is 0 Å². The van der Waals surface area contributed by atoms with Gasteiger partial charge in [-0.25, -0.2) is 0 Å². The largest absolute Gasteiger partial charge is 0.481 e. The van der Waals surface area contributed by atoms with Gasteiger partial charge in [-0.15, -0.1) is 0 Å². The number of ether oxygens (including phenoxy) is 1. The Morgan fingerprint density at radius 1 is 1.12 bits per heavy atom. The van der Waals surface area contributed by atoms with E-state index in [-0.39, 0.29) is 24.7 Å². The number of hydrogen-bond acceptors (Lipinski definition) is 5. The SMILES string of the molecule is CC(C)CC(CC(=O)O)C(C(=O)O)C1C(=O)OC(=O)CC1CC(C)C. The van der Waals surface area contributed by atoms with Crippen molar-refractivity contribution in [2.45, 2.75) is 53.4 Å². The molecule has 7 nitrogen and oxygen atoms in total. The van der Waals surface area contributed by atoms with Gasteiger partial charge in [0.1, 0.15) is 0 Å². The van der Waals surface area contributed by atoms with Gasteiger partial charge in [0.2, 0.25) is 0 Å². The third kappa shape index (κ3) is 6.14. The maximum Gasteiger partial charge on any atom is 0.317 e. The van der Waals surface area contributed by atoms with Crippen molar-refractivity contribution < 1.29 is 34.1 Å². The molecule has 1 saturated heterocycles. The number of rotatable bonds is 9.